The van der Waals surface area contributed by atoms with Crippen LogP contribution in [0.5, 0.6) is 0 Å². The average Bonchev–Trinajstić information content (AvgIpc) is 2.81. The molecular weight excluding hydrogens is 280 g/mol. The first kappa shape index (κ1) is 14.2. The zero-order valence-electron chi connectivity index (χ0n) is 12.4. The fourth-order valence-corrected chi connectivity index (χ4v) is 3.21. The molecule has 21 heavy (non-hydrogen) atoms. The molecule has 5 atom stereocenters. The van der Waals surface area contributed by atoms with E-state index in [1.807, 2.05) is 0 Å². The third-order valence-corrected chi connectivity index (χ3v) is 4.48. The SMILES string of the molecule is CC(C)(C)C(=O)OC[C@H]1OC(=O)[C@]2(C)[C@H]1[C@H]1OC(=O)O[C@H]12. The van der Waals surface area contributed by atoms with E-state index in [-0.39, 0.29) is 18.5 Å². The van der Waals surface area contributed by atoms with Crippen molar-refractivity contribution in [3.8, 4) is 0 Å². The summed E-state index contributed by atoms with van der Waals surface area (Å²) in [4.78, 5) is 35.1. The zero-order chi connectivity index (χ0) is 15.6. The lowest BCUT2D eigenvalue weighted by molar-refractivity contribution is -0.164. The van der Waals surface area contributed by atoms with Gasteiger partial charge in [0.2, 0.25) is 0 Å². The number of rotatable bonds is 2. The van der Waals surface area contributed by atoms with Gasteiger partial charge in [0.25, 0.3) is 0 Å². The van der Waals surface area contributed by atoms with Crippen LogP contribution < -0.4 is 0 Å². The lowest BCUT2D eigenvalue weighted by atomic mass is 9.56. The highest BCUT2D eigenvalue weighted by atomic mass is 16.8. The summed E-state index contributed by atoms with van der Waals surface area (Å²) in [7, 11) is 0. The van der Waals surface area contributed by atoms with Crippen molar-refractivity contribution < 1.29 is 33.3 Å². The number of esters is 2. The van der Waals surface area contributed by atoms with Gasteiger partial charge in [-0.05, 0) is 27.7 Å². The molecule has 116 valence electrons. The van der Waals surface area contributed by atoms with Crippen molar-refractivity contribution in [1.29, 1.82) is 0 Å². The first-order valence-electron chi connectivity index (χ1n) is 6.91. The Morgan fingerprint density at radius 2 is 1.90 bits per heavy atom. The first-order chi connectivity index (χ1) is 9.65. The molecule has 0 aromatic rings. The molecule has 0 aromatic heterocycles. The maximum atomic E-state index is 12.0. The number of fused-ring (bicyclic) bond motifs is 4. The second-order valence-corrected chi connectivity index (χ2v) is 6.97. The minimum Gasteiger partial charge on any atom is -0.461 e. The van der Waals surface area contributed by atoms with E-state index < -0.39 is 41.3 Å². The van der Waals surface area contributed by atoms with Gasteiger partial charge in [-0.1, -0.05) is 0 Å². The van der Waals surface area contributed by atoms with Gasteiger partial charge in [-0.15, -0.1) is 0 Å². The predicted molar refractivity (Wildman–Crippen MR) is 67.0 cm³/mol. The summed E-state index contributed by atoms with van der Waals surface area (Å²) >= 11 is 0. The number of ether oxygens (including phenoxy) is 4. The minimum absolute atomic E-state index is 0.0388. The lowest BCUT2D eigenvalue weighted by Gasteiger charge is -2.46. The van der Waals surface area contributed by atoms with E-state index in [9.17, 15) is 14.4 Å². The van der Waals surface area contributed by atoms with Crippen LogP contribution in [0.1, 0.15) is 27.7 Å². The highest BCUT2D eigenvalue weighted by Gasteiger charge is 2.77. The third-order valence-electron chi connectivity index (χ3n) is 4.48. The number of carbonyl (C=O) groups excluding carboxylic acids is 3. The summed E-state index contributed by atoms with van der Waals surface area (Å²) in [5.74, 6) is -1.15. The molecule has 0 N–H and O–H groups in total. The molecule has 2 saturated heterocycles. The Bertz CT molecular complexity index is 520. The van der Waals surface area contributed by atoms with Crippen molar-refractivity contribution in [2.45, 2.75) is 46.0 Å². The minimum atomic E-state index is -0.907. The lowest BCUT2D eigenvalue weighted by Crippen LogP contribution is -2.64. The molecule has 0 radical (unpaired) electrons. The first-order valence-corrected chi connectivity index (χ1v) is 6.91. The molecule has 3 aliphatic rings. The number of hydrogen-bond donors (Lipinski definition) is 0. The molecule has 0 bridgehead atoms. The van der Waals surface area contributed by atoms with Crippen molar-refractivity contribution in [2.75, 3.05) is 6.61 Å². The van der Waals surface area contributed by atoms with E-state index in [2.05, 4.69) is 0 Å². The molecule has 3 rings (SSSR count). The highest BCUT2D eigenvalue weighted by Crippen LogP contribution is 2.59. The van der Waals surface area contributed by atoms with E-state index in [4.69, 9.17) is 18.9 Å². The van der Waals surface area contributed by atoms with Gasteiger partial charge in [-0.2, -0.15) is 0 Å². The largest absolute Gasteiger partial charge is 0.509 e. The molecule has 1 saturated carbocycles. The van der Waals surface area contributed by atoms with Crippen LogP contribution in [-0.2, 0) is 28.5 Å². The van der Waals surface area contributed by atoms with Crippen molar-refractivity contribution in [1.82, 2.24) is 0 Å². The Hall–Kier alpha value is -1.79. The Kier molecular flexibility index (Phi) is 2.77. The molecule has 2 aliphatic heterocycles. The molecule has 0 aromatic carbocycles. The molecule has 7 nitrogen and oxygen atoms in total. The van der Waals surface area contributed by atoms with Crippen LogP contribution in [0.25, 0.3) is 0 Å². The Balaban J connectivity index is 1.70. The van der Waals surface area contributed by atoms with Gasteiger partial charge in [-0.3, -0.25) is 9.59 Å². The number of carbonyl (C=O) groups is 3. The normalized spacial score (nSPS) is 40.4. The predicted octanol–water partition coefficient (Wildman–Crippen LogP) is 1.04. The van der Waals surface area contributed by atoms with E-state index in [1.165, 1.54) is 0 Å². The van der Waals surface area contributed by atoms with Gasteiger partial charge in [-0.25, -0.2) is 4.79 Å². The van der Waals surface area contributed by atoms with Crippen molar-refractivity contribution >= 4 is 18.1 Å². The maximum absolute atomic E-state index is 12.0. The van der Waals surface area contributed by atoms with E-state index in [1.54, 1.807) is 27.7 Å². The Labute approximate surface area is 121 Å². The van der Waals surface area contributed by atoms with Crippen LogP contribution in [0.2, 0.25) is 0 Å². The summed E-state index contributed by atoms with van der Waals surface area (Å²) in [5.41, 5.74) is -1.54. The quantitative estimate of drug-likeness (QED) is 0.556. The fraction of sp³-hybridized carbons (Fsp3) is 0.786. The summed E-state index contributed by atoms with van der Waals surface area (Å²) in [5, 5.41) is 0. The van der Waals surface area contributed by atoms with Crippen molar-refractivity contribution in [2.24, 2.45) is 16.7 Å². The maximum Gasteiger partial charge on any atom is 0.509 e. The monoisotopic (exact) mass is 298 g/mol. The summed E-state index contributed by atoms with van der Waals surface area (Å²) in [6, 6.07) is 0. The second-order valence-electron chi connectivity index (χ2n) is 6.97. The van der Waals surface area contributed by atoms with Crippen LogP contribution in [-0.4, -0.2) is 43.0 Å². The van der Waals surface area contributed by atoms with E-state index in [0.29, 0.717) is 0 Å². The van der Waals surface area contributed by atoms with Crippen molar-refractivity contribution in [3.63, 3.8) is 0 Å². The second kappa shape index (κ2) is 4.11. The van der Waals surface area contributed by atoms with Crippen LogP contribution in [0, 0.1) is 16.7 Å². The van der Waals surface area contributed by atoms with Crippen molar-refractivity contribution in [3.05, 3.63) is 0 Å². The smallest absolute Gasteiger partial charge is 0.461 e. The van der Waals surface area contributed by atoms with Gasteiger partial charge in [0, 0.05) is 0 Å². The topological polar surface area (TPSA) is 88.1 Å². The highest BCUT2D eigenvalue weighted by molar-refractivity contribution is 5.84. The standard InChI is InChI=1S/C14H18O7/c1-13(2,3)10(15)18-5-6-7-8-9(21-12(17)20-8)14(7,4)11(16)19-6/h6-9H,5H2,1-4H3/t6-,7-,8-,9-,14-/m1/s1. The van der Waals surface area contributed by atoms with Crippen LogP contribution in [0.3, 0.4) is 0 Å². The van der Waals surface area contributed by atoms with E-state index in [0.717, 1.165) is 0 Å². The summed E-state index contributed by atoms with van der Waals surface area (Å²) in [6.45, 7) is 6.88. The number of cyclic esters (lactones) is 1. The molecule has 7 heteroatoms. The van der Waals surface area contributed by atoms with Gasteiger partial charge < -0.3 is 18.9 Å². The molecular formula is C14H18O7. The summed E-state index contributed by atoms with van der Waals surface area (Å²) in [6.07, 6.45) is -2.48. The molecule has 0 unspecified atom stereocenters. The molecule has 3 fully saturated rings. The van der Waals surface area contributed by atoms with Gasteiger partial charge in [0.05, 0.1) is 11.3 Å². The molecule has 0 spiro atoms. The fourth-order valence-electron chi connectivity index (χ4n) is 3.21. The van der Waals surface area contributed by atoms with Crippen LogP contribution in [0.4, 0.5) is 4.79 Å². The molecule has 2 heterocycles. The van der Waals surface area contributed by atoms with E-state index >= 15 is 0 Å². The number of hydrogen-bond acceptors (Lipinski definition) is 7. The Morgan fingerprint density at radius 1 is 1.24 bits per heavy atom. The van der Waals surface area contributed by atoms with Crippen LogP contribution in [0.15, 0.2) is 0 Å². The van der Waals surface area contributed by atoms with Gasteiger partial charge >= 0.3 is 18.1 Å². The van der Waals surface area contributed by atoms with Gasteiger partial charge in [0.1, 0.15) is 18.1 Å². The average molecular weight is 298 g/mol. The Morgan fingerprint density at radius 3 is 2.52 bits per heavy atom. The van der Waals surface area contributed by atoms with Gasteiger partial charge in [0.15, 0.2) is 12.2 Å². The van der Waals surface area contributed by atoms with Crippen LogP contribution >= 0.6 is 0 Å². The molecule has 1 aliphatic carbocycles. The zero-order valence-corrected chi connectivity index (χ0v) is 12.4. The third kappa shape index (κ3) is 1.82. The molecule has 0 amide bonds. The summed E-state index contributed by atoms with van der Waals surface area (Å²) < 4.78 is 20.6.